The molecule has 8 nitrogen and oxygen atoms in total. The fourth-order valence-corrected chi connectivity index (χ4v) is 4.92. The summed E-state index contributed by atoms with van der Waals surface area (Å²) < 4.78 is 26.0. The molecule has 0 atom stereocenters. The van der Waals surface area contributed by atoms with Gasteiger partial charge < -0.3 is 10.4 Å². The molecule has 0 saturated carbocycles. The highest BCUT2D eigenvalue weighted by Gasteiger charge is 2.32. The number of nitrogens with one attached hydrogen (secondary N) is 1. The fourth-order valence-electron chi connectivity index (χ4n) is 2.01. The van der Waals surface area contributed by atoms with Gasteiger partial charge in [0.2, 0.25) is 0 Å². The van der Waals surface area contributed by atoms with Gasteiger partial charge in [0.25, 0.3) is 10.0 Å². The minimum Gasteiger partial charge on any atom is -0.393 e. The molecule has 2 heterocycles. The Labute approximate surface area is 120 Å². The lowest BCUT2D eigenvalue weighted by atomic mass is 10.1. The van der Waals surface area contributed by atoms with Crippen LogP contribution in [0.15, 0.2) is 10.3 Å². The van der Waals surface area contributed by atoms with Gasteiger partial charge in [0.15, 0.2) is 5.00 Å². The second-order valence-electron chi connectivity index (χ2n) is 4.42. The van der Waals surface area contributed by atoms with Gasteiger partial charge in [-0.15, -0.1) is 0 Å². The first-order valence-corrected chi connectivity index (χ1v) is 8.26. The number of nitro groups is 1. The third kappa shape index (κ3) is 2.77. The number of hydrogen-bond acceptors (Lipinski definition) is 7. The van der Waals surface area contributed by atoms with Crippen LogP contribution >= 0.6 is 11.3 Å². The van der Waals surface area contributed by atoms with Crippen LogP contribution in [-0.4, -0.2) is 49.0 Å². The molecule has 2 N–H and O–H groups in total. The van der Waals surface area contributed by atoms with Crippen LogP contribution in [0, 0.1) is 10.1 Å². The average molecular weight is 321 g/mol. The van der Waals surface area contributed by atoms with Crippen LogP contribution in [0.2, 0.25) is 0 Å². The minimum atomic E-state index is -3.73. The molecular formula is C10H15N3O5S2. The van der Waals surface area contributed by atoms with Crippen molar-refractivity contribution in [3.63, 3.8) is 0 Å². The number of piperidine rings is 1. The third-order valence-corrected chi connectivity index (χ3v) is 6.62. The van der Waals surface area contributed by atoms with E-state index in [4.69, 9.17) is 0 Å². The lowest BCUT2D eigenvalue weighted by Crippen LogP contribution is -2.39. The van der Waals surface area contributed by atoms with Gasteiger partial charge in [0, 0.05) is 26.2 Å². The smallest absolute Gasteiger partial charge is 0.304 e. The molecule has 0 bridgehead atoms. The number of thiophene rings is 1. The first-order chi connectivity index (χ1) is 9.36. The predicted molar refractivity (Wildman–Crippen MR) is 74.5 cm³/mol. The highest BCUT2D eigenvalue weighted by atomic mass is 32.2. The zero-order valence-corrected chi connectivity index (χ0v) is 12.4. The number of aliphatic hydroxyl groups excluding tert-OH is 1. The zero-order chi connectivity index (χ0) is 14.9. The molecule has 0 amide bonds. The molecule has 20 heavy (non-hydrogen) atoms. The van der Waals surface area contributed by atoms with Crippen molar-refractivity contribution in [2.24, 2.45) is 0 Å². The standard InChI is InChI=1S/C10H15N3O5S2/c1-11-10-8(13(15)16)6-9(19-10)20(17,18)12-4-2-7(14)3-5-12/h6-7,11,14H,2-5H2,1H3. The highest BCUT2D eigenvalue weighted by Crippen LogP contribution is 2.38. The van der Waals surface area contributed by atoms with Gasteiger partial charge in [-0.1, -0.05) is 11.3 Å². The molecule has 112 valence electrons. The number of anilines is 1. The summed E-state index contributed by atoms with van der Waals surface area (Å²) in [6.07, 6.45) is 0.281. The van der Waals surface area contributed by atoms with Gasteiger partial charge in [0.05, 0.1) is 11.0 Å². The van der Waals surface area contributed by atoms with Crippen molar-refractivity contribution in [3.8, 4) is 0 Å². The Bertz CT molecular complexity index is 604. The van der Waals surface area contributed by atoms with Gasteiger partial charge in [0.1, 0.15) is 4.21 Å². The van der Waals surface area contributed by atoms with Crippen LogP contribution < -0.4 is 5.32 Å². The fraction of sp³-hybridized carbons (Fsp3) is 0.600. The summed E-state index contributed by atoms with van der Waals surface area (Å²) in [5.74, 6) is 0. The Hall–Kier alpha value is -1.23. The van der Waals surface area contributed by atoms with Crippen LogP contribution in [0.4, 0.5) is 10.7 Å². The molecule has 0 unspecified atom stereocenters. The lowest BCUT2D eigenvalue weighted by Gasteiger charge is -2.28. The van der Waals surface area contributed by atoms with Crippen molar-refractivity contribution in [1.29, 1.82) is 0 Å². The molecule has 0 aromatic carbocycles. The number of sulfonamides is 1. The lowest BCUT2D eigenvalue weighted by molar-refractivity contribution is -0.383. The Morgan fingerprint density at radius 1 is 1.50 bits per heavy atom. The molecule has 0 spiro atoms. The van der Waals surface area contributed by atoms with E-state index in [-0.39, 0.29) is 28.0 Å². The molecule has 1 fully saturated rings. The van der Waals surface area contributed by atoms with Crippen LogP contribution in [0.3, 0.4) is 0 Å². The summed E-state index contributed by atoms with van der Waals surface area (Å²) in [6, 6.07) is 1.08. The van der Waals surface area contributed by atoms with E-state index >= 15 is 0 Å². The summed E-state index contributed by atoms with van der Waals surface area (Å²) in [5, 5.41) is 23.1. The second kappa shape index (κ2) is 5.64. The average Bonchev–Trinajstić information content (AvgIpc) is 2.84. The maximum atomic E-state index is 12.4. The largest absolute Gasteiger partial charge is 0.393 e. The van der Waals surface area contributed by atoms with Gasteiger partial charge >= 0.3 is 5.69 Å². The van der Waals surface area contributed by atoms with Gasteiger partial charge in [-0.2, -0.15) is 4.31 Å². The van der Waals surface area contributed by atoms with Crippen molar-refractivity contribution < 1.29 is 18.4 Å². The molecule has 1 aromatic heterocycles. The van der Waals surface area contributed by atoms with Gasteiger partial charge in [-0.3, -0.25) is 10.1 Å². The van der Waals surface area contributed by atoms with Crippen LogP contribution in [-0.2, 0) is 10.0 Å². The van der Waals surface area contributed by atoms with Crippen molar-refractivity contribution in [3.05, 3.63) is 16.2 Å². The number of aliphatic hydroxyl groups is 1. The monoisotopic (exact) mass is 321 g/mol. The number of nitrogens with zero attached hydrogens (tertiary/aromatic N) is 2. The maximum Gasteiger partial charge on any atom is 0.304 e. The summed E-state index contributed by atoms with van der Waals surface area (Å²) in [7, 11) is -2.23. The van der Waals surface area contributed by atoms with Crippen molar-refractivity contribution in [2.75, 3.05) is 25.5 Å². The van der Waals surface area contributed by atoms with Crippen molar-refractivity contribution >= 4 is 32.0 Å². The van der Waals surface area contributed by atoms with Crippen molar-refractivity contribution in [2.45, 2.75) is 23.2 Å². The SMILES string of the molecule is CNc1sc(S(=O)(=O)N2CCC(O)CC2)cc1[N+](=O)[O-]. The summed E-state index contributed by atoms with van der Waals surface area (Å²) >= 11 is 0.844. The predicted octanol–water partition coefficient (Wildman–Crippen LogP) is 0.843. The van der Waals surface area contributed by atoms with E-state index in [1.807, 2.05) is 0 Å². The molecule has 2 rings (SSSR count). The Morgan fingerprint density at radius 2 is 2.10 bits per heavy atom. The van der Waals surface area contributed by atoms with E-state index < -0.39 is 21.1 Å². The zero-order valence-electron chi connectivity index (χ0n) is 10.8. The van der Waals surface area contributed by atoms with Gasteiger partial charge in [-0.25, -0.2) is 8.42 Å². The summed E-state index contributed by atoms with van der Waals surface area (Å²) in [5.41, 5.74) is -0.242. The molecule has 1 aliphatic heterocycles. The first kappa shape index (κ1) is 15.2. The van der Waals surface area contributed by atoms with Crippen molar-refractivity contribution in [1.82, 2.24) is 4.31 Å². The number of hydrogen-bond donors (Lipinski definition) is 2. The molecule has 10 heteroatoms. The molecule has 0 radical (unpaired) electrons. The van der Waals surface area contributed by atoms with Crippen LogP contribution in [0.25, 0.3) is 0 Å². The topological polar surface area (TPSA) is 113 Å². The Kier molecular flexibility index (Phi) is 4.28. The normalized spacial score (nSPS) is 18.1. The molecule has 1 saturated heterocycles. The minimum absolute atomic E-state index is 0.0510. The van der Waals surface area contributed by atoms with E-state index in [2.05, 4.69) is 5.32 Å². The first-order valence-electron chi connectivity index (χ1n) is 6.00. The van der Waals surface area contributed by atoms with E-state index in [0.29, 0.717) is 12.8 Å². The van der Waals surface area contributed by atoms with Crippen LogP contribution in [0.5, 0.6) is 0 Å². The molecule has 1 aliphatic rings. The summed E-state index contributed by atoms with van der Waals surface area (Å²) in [6.45, 7) is 0.453. The van der Waals surface area contributed by atoms with E-state index in [9.17, 15) is 23.6 Å². The maximum absolute atomic E-state index is 12.4. The number of rotatable bonds is 4. The molecular weight excluding hydrogens is 306 g/mol. The second-order valence-corrected chi connectivity index (χ2v) is 7.64. The van der Waals surface area contributed by atoms with E-state index in [1.165, 1.54) is 11.4 Å². The van der Waals surface area contributed by atoms with E-state index in [1.54, 1.807) is 0 Å². The third-order valence-electron chi connectivity index (χ3n) is 3.13. The summed E-state index contributed by atoms with van der Waals surface area (Å²) in [4.78, 5) is 10.3. The molecule has 1 aromatic rings. The Morgan fingerprint density at radius 3 is 2.55 bits per heavy atom. The quantitative estimate of drug-likeness (QED) is 0.628. The van der Waals surface area contributed by atoms with Crippen LogP contribution in [0.1, 0.15) is 12.8 Å². The molecule has 0 aliphatic carbocycles. The van der Waals surface area contributed by atoms with E-state index in [0.717, 1.165) is 17.4 Å². The van der Waals surface area contributed by atoms with Gasteiger partial charge in [-0.05, 0) is 12.8 Å². The Balaban J connectivity index is 2.32. The highest BCUT2D eigenvalue weighted by molar-refractivity contribution is 7.91.